The number of hydrogen-bond donors (Lipinski definition) is 1. The van der Waals surface area contributed by atoms with Crippen LogP contribution in [-0.2, 0) is 9.59 Å². The molecule has 1 N–H and O–H groups in total. The molecule has 0 saturated carbocycles. The Hall–Kier alpha value is -2.17. The predicted octanol–water partition coefficient (Wildman–Crippen LogP) is 1.03. The van der Waals surface area contributed by atoms with E-state index < -0.39 is 17.7 Å². The fourth-order valence-electron chi connectivity index (χ4n) is 1.97. The van der Waals surface area contributed by atoms with Crippen LogP contribution < -0.4 is 10.1 Å². The molecule has 0 spiro atoms. The van der Waals surface area contributed by atoms with E-state index in [2.05, 4.69) is 5.32 Å². The Morgan fingerprint density at radius 2 is 2.11 bits per heavy atom. The van der Waals surface area contributed by atoms with E-state index in [0.29, 0.717) is 24.3 Å². The number of nitrogens with one attached hydrogen (secondary N) is 1. The number of ether oxygens (including phenoxy) is 1. The summed E-state index contributed by atoms with van der Waals surface area (Å²) in [5.74, 6) is -1.04. The van der Waals surface area contributed by atoms with Crippen molar-refractivity contribution >= 4 is 17.5 Å². The third kappa shape index (κ3) is 2.81. The average molecular weight is 261 g/mol. The van der Waals surface area contributed by atoms with Gasteiger partial charge in [-0.15, -0.1) is 0 Å². The van der Waals surface area contributed by atoms with Crippen LogP contribution in [0.25, 0.3) is 0 Å². The van der Waals surface area contributed by atoms with Crippen LogP contribution in [0.5, 0.6) is 5.75 Å². The summed E-state index contributed by atoms with van der Waals surface area (Å²) in [6.07, 6.45) is 0.353. The number of fused-ring (bicyclic) bond motifs is 1. The quantitative estimate of drug-likeness (QED) is 0.807. The minimum absolute atomic E-state index is 0.217. The van der Waals surface area contributed by atoms with E-state index in [9.17, 15) is 14.4 Å². The van der Waals surface area contributed by atoms with Gasteiger partial charge in [0.05, 0.1) is 18.2 Å². The molecule has 0 radical (unpaired) electrons. The van der Waals surface area contributed by atoms with Crippen molar-refractivity contribution in [3.05, 3.63) is 29.3 Å². The largest absolute Gasteiger partial charge is 0.493 e. The molecule has 1 amide bonds. The Balaban J connectivity index is 2.28. The fourth-order valence-corrected chi connectivity index (χ4v) is 1.97. The third-order valence-electron chi connectivity index (χ3n) is 3.01. The Morgan fingerprint density at radius 3 is 2.79 bits per heavy atom. The van der Waals surface area contributed by atoms with Crippen LogP contribution in [0.1, 0.15) is 29.3 Å². The molecule has 1 aromatic carbocycles. The van der Waals surface area contributed by atoms with Crippen molar-refractivity contribution in [2.24, 2.45) is 0 Å². The highest BCUT2D eigenvalue weighted by molar-refractivity contribution is 6.35. The minimum Gasteiger partial charge on any atom is -0.493 e. The minimum atomic E-state index is -0.741. The molecule has 1 aliphatic rings. The molecule has 1 aliphatic heterocycles. The molecule has 0 saturated heterocycles. The summed E-state index contributed by atoms with van der Waals surface area (Å²) in [6.45, 7) is 3.37. The second-order valence-corrected chi connectivity index (χ2v) is 4.58. The number of rotatable bonds is 2. The number of carbonyl (C=O) groups excluding carboxylic acids is 3. The molecule has 5 heteroatoms. The van der Waals surface area contributed by atoms with Gasteiger partial charge in [-0.05, 0) is 19.1 Å². The Kier molecular flexibility index (Phi) is 3.64. The van der Waals surface area contributed by atoms with Gasteiger partial charge in [-0.1, -0.05) is 11.6 Å². The van der Waals surface area contributed by atoms with Gasteiger partial charge in [-0.2, -0.15) is 0 Å². The highest BCUT2D eigenvalue weighted by Crippen LogP contribution is 2.25. The first-order chi connectivity index (χ1) is 8.99. The van der Waals surface area contributed by atoms with E-state index in [-0.39, 0.29) is 5.78 Å². The van der Waals surface area contributed by atoms with E-state index in [1.165, 1.54) is 6.92 Å². The van der Waals surface area contributed by atoms with Gasteiger partial charge in [0.1, 0.15) is 5.75 Å². The summed E-state index contributed by atoms with van der Waals surface area (Å²) in [6, 6.07) is 4.63. The van der Waals surface area contributed by atoms with Gasteiger partial charge in [0.25, 0.3) is 5.91 Å². The topological polar surface area (TPSA) is 72.5 Å². The van der Waals surface area contributed by atoms with Crippen molar-refractivity contribution < 1.29 is 19.1 Å². The molecule has 0 aromatic heterocycles. The van der Waals surface area contributed by atoms with E-state index in [4.69, 9.17) is 4.74 Å². The van der Waals surface area contributed by atoms with Crippen LogP contribution in [0.4, 0.5) is 0 Å². The van der Waals surface area contributed by atoms with Crippen LogP contribution in [0.2, 0.25) is 0 Å². The lowest BCUT2D eigenvalue weighted by atomic mass is 10.0. The second kappa shape index (κ2) is 5.22. The van der Waals surface area contributed by atoms with Crippen LogP contribution in [0.15, 0.2) is 18.2 Å². The van der Waals surface area contributed by atoms with E-state index >= 15 is 0 Å². The van der Waals surface area contributed by atoms with Gasteiger partial charge in [0.15, 0.2) is 5.78 Å². The number of amides is 1. The standard InChI is InChI=1S/C14H15NO4/c1-8-3-4-12-10(7-8)13(17)11(5-6-19-12)15-14(18)9(2)16/h3-4,7,11H,5-6H2,1-2H3,(H,15,18). The third-order valence-corrected chi connectivity index (χ3v) is 3.01. The first-order valence-electron chi connectivity index (χ1n) is 6.08. The zero-order chi connectivity index (χ0) is 14.0. The molecule has 1 atom stereocenters. The Bertz CT molecular complexity index is 550. The van der Waals surface area contributed by atoms with E-state index in [1.807, 2.05) is 13.0 Å². The van der Waals surface area contributed by atoms with Gasteiger partial charge in [-0.3, -0.25) is 14.4 Å². The molecular weight excluding hydrogens is 246 g/mol. The fraction of sp³-hybridized carbons (Fsp3) is 0.357. The van der Waals surface area contributed by atoms with Crippen molar-refractivity contribution in [2.45, 2.75) is 26.3 Å². The van der Waals surface area contributed by atoms with Crippen LogP contribution >= 0.6 is 0 Å². The first-order valence-corrected chi connectivity index (χ1v) is 6.08. The molecule has 100 valence electrons. The van der Waals surface area contributed by atoms with E-state index in [1.54, 1.807) is 12.1 Å². The summed E-state index contributed by atoms with van der Waals surface area (Å²) in [5.41, 5.74) is 1.39. The Labute approximate surface area is 110 Å². The molecule has 0 bridgehead atoms. The maximum atomic E-state index is 12.3. The number of carbonyl (C=O) groups is 3. The van der Waals surface area contributed by atoms with Gasteiger partial charge in [0, 0.05) is 13.3 Å². The molecule has 1 aromatic rings. The van der Waals surface area contributed by atoms with Crippen LogP contribution in [0.3, 0.4) is 0 Å². The van der Waals surface area contributed by atoms with Gasteiger partial charge >= 0.3 is 0 Å². The van der Waals surface area contributed by atoms with Gasteiger partial charge in [0.2, 0.25) is 5.78 Å². The zero-order valence-corrected chi connectivity index (χ0v) is 10.9. The number of aryl methyl sites for hydroxylation is 1. The molecule has 0 aliphatic carbocycles. The predicted molar refractivity (Wildman–Crippen MR) is 68.2 cm³/mol. The van der Waals surface area contributed by atoms with Crippen LogP contribution in [-0.4, -0.2) is 30.1 Å². The number of Topliss-reactive ketones (excluding diaryl/α,β-unsaturated/α-hetero) is 2. The summed E-state index contributed by atoms with van der Waals surface area (Å²) < 4.78 is 5.49. The SMILES string of the molecule is CC(=O)C(=O)NC1CCOc2ccc(C)cc2C1=O. The van der Waals surface area contributed by atoms with Crippen LogP contribution in [0, 0.1) is 6.92 Å². The summed E-state index contributed by atoms with van der Waals surface area (Å²) in [4.78, 5) is 34.7. The molecule has 19 heavy (non-hydrogen) atoms. The molecule has 2 rings (SSSR count). The highest BCUT2D eigenvalue weighted by atomic mass is 16.5. The maximum absolute atomic E-state index is 12.3. The number of ketones is 2. The lowest BCUT2D eigenvalue weighted by Gasteiger charge is -2.13. The monoisotopic (exact) mass is 261 g/mol. The van der Waals surface area contributed by atoms with Crippen molar-refractivity contribution in [1.82, 2.24) is 5.32 Å². The van der Waals surface area contributed by atoms with Crippen molar-refractivity contribution in [3.8, 4) is 5.75 Å². The summed E-state index contributed by atoms with van der Waals surface area (Å²) >= 11 is 0. The van der Waals surface area contributed by atoms with Crippen molar-refractivity contribution in [3.63, 3.8) is 0 Å². The van der Waals surface area contributed by atoms with Crippen molar-refractivity contribution in [1.29, 1.82) is 0 Å². The normalized spacial score (nSPS) is 18.0. The molecular formula is C14H15NO4. The highest BCUT2D eigenvalue weighted by Gasteiger charge is 2.28. The maximum Gasteiger partial charge on any atom is 0.287 e. The molecule has 1 unspecified atom stereocenters. The molecule has 0 fully saturated rings. The number of hydrogen-bond acceptors (Lipinski definition) is 4. The smallest absolute Gasteiger partial charge is 0.287 e. The van der Waals surface area contributed by atoms with Gasteiger partial charge < -0.3 is 10.1 Å². The van der Waals surface area contributed by atoms with E-state index in [0.717, 1.165) is 5.56 Å². The molecule has 5 nitrogen and oxygen atoms in total. The lowest BCUT2D eigenvalue weighted by Crippen LogP contribution is -2.43. The second-order valence-electron chi connectivity index (χ2n) is 4.58. The average Bonchev–Trinajstić information content (AvgIpc) is 2.51. The summed E-state index contributed by atoms with van der Waals surface area (Å²) in [5, 5.41) is 2.45. The lowest BCUT2D eigenvalue weighted by molar-refractivity contribution is -0.137. The molecule has 1 heterocycles. The number of benzene rings is 1. The Morgan fingerprint density at radius 1 is 1.37 bits per heavy atom. The first kappa shape index (κ1) is 13.3. The summed E-state index contributed by atoms with van der Waals surface area (Å²) in [7, 11) is 0. The zero-order valence-electron chi connectivity index (χ0n) is 10.9. The van der Waals surface area contributed by atoms with Gasteiger partial charge in [-0.25, -0.2) is 0 Å². The van der Waals surface area contributed by atoms with Crippen molar-refractivity contribution in [2.75, 3.05) is 6.61 Å².